The molecule has 1 N–H and O–H groups in total. The number of alkyl halides is 2. The van der Waals surface area contributed by atoms with Gasteiger partial charge in [-0.2, -0.15) is 0 Å². The van der Waals surface area contributed by atoms with E-state index in [0.29, 0.717) is 74.5 Å². The Morgan fingerprint density at radius 3 is 2.56 bits per heavy atom. The van der Waals surface area contributed by atoms with Crippen LogP contribution in [0.15, 0.2) is 35.4 Å². The fraction of sp³-hybridized carbons (Fsp3) is 0.594. The molecule has 7 rings (SSSR count). The van der Waals surface area contributed by atoms with Crippen molar-refractivity contribution < 1.29 is 26.3 Å². The van der Waals surface area contributed by atoms with Gasteiger partial charge in [0.2, 0.25) is 0 Å². The van der Waals surface area contributed by atoms with Gasteiger partial charge in [0, 0.05) is 50.4 Å². The second-order valence-corrected chi connectivity index (χ2v) is 15.0. The molecule has 0 radical (unpaired) electrons. The third kappa shape index (κ3) is 6.90. The summed E-state index contributed by atoms with van der Waals surface area (Å²) in [6.07, 6.45) is 3.87. The van der Waals surface area contributed by atoms with Gasteiger partial charge in [0.15, 0.2) is 0 Å². The summed E-state index contributed by atoms with van der Waals surface area (Å²) >= 11 is 0. The van der Waals surface area contributed by atoms with Gasteiger partial charge in [0.1, 0.15) is 33.4 Å². The number of aromatic nitrogens is 3. The summed E-state index contributed by atoms with van der Waals surface area (Å²) in [5.41, 5.74) is 0.113. The van der Waals surface area contributed by atoms with Crippen molar-refractivity contribution in [3.8, 4) is 0 Å². The van der Waals surface area contributed by atoms with Crippen molar-refractivity contribution in [2.45, 2.75) is 69.9 Å². The molecular weight excluding hydrogens is 607 g/mol. The van der Waals surface area contributed by atoms with Crippen molar-refractivity contribution in [2.75, 3.05) is 49.7 Å². The number of nitrogens with zero attached hydrogens (tertiary/aromatic N) is 4. The van der Waals surface area contributed by atoms with E-state index < -0.39 is 39.6 Å². The lowest BCUT2D eigenvalue weighted by Crippen LogP contribution is -2.48. The average Bonchev–Trinajstić information content (AvgIpc) is 2.97. The molecule has 45 heavy (non-hydrogen) atoms. The van der Waals surface area contributed by atoms with Crippen molar-refractivity contribution in [2.24, 2.45) is 5.92 Å². The molecule has 9 nitrogen and oxygen atoms in total. The molecule has 0 aliphatic carbocycles. The molecule has 6 heterocycles. The van der Waals surface area contributed by atoms with Gasteiger partial charge in [-0.1, -0.05) is 18.2 Å². The van der Waals surface area contributed by atoms with Crippen LogP contribution in [0.3, 0.4) is 0 Å². The van der Waals surface area contributed by atoms with Crippen LogP contribution in [0.2, 0.25) is 0 Å². The van der Waals surface area contributed by atoms with Crippen LogP contribution in [0.25, 0.3) is 11.0 Å². The summed E-state index contributed by atoms with van der Waals surface area (Å²) in [5.74, 6) is -4.37. The Kier molecular flexibility index (Phi) is 9.22. The molecule has 4 aliphatic rings. The van der Waals surface area contributed by atoms with E-state index in [1.165, 1.54) is 18.5 Å². The summed E-state index contributed by atoms with van der Waals surface area (Å²) in [7, 11) is -3.14. The molecule has 0 unspecified atom stereocenters. The summed E-state index contributed by atoms with van der Waals surface area (Å²) in [4.78, 5) is 24.8. The highest BCUT2D eigenvalue weighted by Gasteiger charge is 2.41. The van der Waals surface area contributed by atoms with Crippen LogP contribution in [-0.4, -0.2) is 72.2 Å². The summed E-state index contributed by atoms with van der Waals surface area (Å²) in [5, 5.41) is 3.71. The fourth-order valence-electron chi connectivity index (χ4n) is 6.90. The second kappa shape index (κ2) is 13.0. The minimum atomic E-state index is -3.32. The molecular formula is C32H40F3N5O4S. The number of rotatable bonds is 1. The van der Waals surface area contributed by atoms with Gasteiger partial charge in [-0.25, -0.2) is 31.6 Å². The van der Waals surface area contributed by atoms with Gasteiger partial charge >= 0.3 is 0 Å². The molecule has 2 aromatic heterocycles. The van der Waals surface area contributed by atoms with E-state index in [4.69, 9.17) is 4.74 Å². The van der Waals surface area contributed by atoms with Crippen molar-refractivity contribution in [3.63, 3.8) is 0 Å². The maximum absolute atomic E-state index is 15.8. The fourth-order valence-corrected chi connectivity index (χ4v) is 8.39. The van der Waals surface area contributed by atoms with E-state index >= 15 is 13.2 Å². The summed E-state index contributed by atoms with van der Waals surface area (Å²) < 4.78 is 78.4. The van der Waals surface area contributed by atoms with Gasteiger partial charge in [-0.05, 0) is 63.5 Å². The maximum Gasteiger partial charge on any atom is 0.276 e. The Morgan fingerprint density at radius 1 is 1.02 bits per heavy atom. The number of anilines is 1. The van der Waals surface area contributed by atoms with Crippen molar-refractivity contribution in [1.29, 1.82) is 0 Å². The van der Waals surface area contributed by atoms with E-state index in [9.17, 15) is 13.2 Å². The van der Waals surface area contributed by atoms with E-state index in [2.05, 4.69) is 20.2 Å². The van der Waals surface area contributed by atoms with Gasteiger partial charge in [-0.15, -0.1) is 0 Å². The highest BCUT2D eigenvalue weighted by atomic mass is 32.2. The normalized spacial score (nSPS) is 26.3. The lowest BCUT2D eigenvalue weighted by Gasteiger charge is -2.41. The van der Waals surface area contributed by atoms with Crippen LogP contribution in [0.4, 0.5) is 19.0 Å². The standard InChI is InChI=1S/C32H40F3N5O4S/c1-21-24-6-4-7-27(28(24)33)32(34,35)17-22-18-39(19-22)10-2-3-12-44-13-5-11-40-30-26(29(38-21)36-20-37-30)16-25(31(40)41)23-8-14-45(42,43)15-9-23/h4,6-7,16,20-23H,2-3,5,8-15,17-19H2,1H3,(H,36,37,38)/t21-/m1/s1. The van der Waals surface area contributed by atoms with Crippen molar-refractivity contribution >= 4 is 26.7 Å². The van der Waals surface area contributed by atoms with Gasteiger partial charge in [-0.3, -0.25) is 9.36 Å². The third-order valence-corrected chi connectivity index (χ3v) is 11.1. The predicted octanol–water partition coefficient (Wildman–Crippen LogP) is 5.01. The second-order valence-electron chi connectivity index (χ2n) is 12.7. The molecule has 1 atom stereocenters. The molecule has 4 aliphatic heterocycles. The van der Waals surface area contributed by atoms with E-state index in [1.54, 1.807) is 17.6 Å². The molecule has 0 spiro atoms. The quantitative estimate of drug-likeness (QED) is 0.393. The first-order valence-corrected chi connectivity index (χ1v) is 17.7. The molecule has 8 bridgehead atoms. The highest BCUT2D eigenvalue weighted by molar-refractivity contribution is 7.91. The van der Waals surface area contributed by atoms with Gasteiger partial charge in [0.05, 0.1) is 28.5 Å². The predicted molar refractivity (Wildman–Crippen MR) is 166 cm³/mol. The zero-order valence-corrected chi connectivity index (χ0v) is 26.3. The Labute approximate surface area is 261 Å². The SMILES string of the molecule is C[C@H]1Nc2ncnc3c2cc(C2CCS(=O)(=O)CC2)c(=O)n3CCCOCCCCN2CC(C2)CC(F)(F)c2cccc1c2F. The molecule has 0 amide bonds. The Bertz CT molecular complexity index is 1700. The van der Waals surface area contributed by atoms with Crippen LogP contribution in [0.1, 0.15) is 74.1 Å². The van der Waals surface area contributed by atoms with E-state index in [1.807, 2.05) is 0 Å². The first-order valence-electron chi connectivity index (χ1n) is 15.8. The number of fused-ring (bicyclic) bond motifs is 9. The Hall–Kier alpha value is -3.03. The molecule has 13 heteroatoms. The number of ether oxygens (including phenoxy) is 1. The number of hydrogen-bond acceptors (Lipinski definition) is 8. The molecule has 1 aromatic carbocycles. The molecule has 0 saturated carbocycles. The van der Waals surface area contributed by atoms with Crippen LogP contribution in [-0.2, 0) is 27.0 Å². The number of nitrogens with one attached hydrogen (secondary N) is 1. The third-order valence-electron chi connectivity index (χ3n) is 9.41. The van der Waals surface area contributed by atoms with E-state index in [0.717, 1.165) is 25.5 Å². The largest absolute Gasteiger partial charge is 0.381 e. The molecule has 2 saturated heterocycles. The lowest BCUT2D eigenvalue weighted by molar-refractivity contribution is -0.0594. The van der Waals surface area contributed by atoms with Crippen molar-refractivity contribution in [1.82, 2.24) is 19.4 Å². The lowest BCUT2D eigenvalue weighted by atomic mass is 9.88. The minimum absolute atomic E-state index is 0.00910. The number of benzene rings is 1. The van der Waals surface area contributed by atoms with Crippen molar-refractivity contribution in [3.05, 3.63) is 63.5 Å². The minimum Gasteiger partial charge on any atom is -0.381 e. The zero-order chi connectivity index (χ0) is 31.8. The summed E-state index contributed by atoms with van der Waals surface area (Å²) in [6, 6.07) is 5.08. The Morgan fingerprint density at radius 2 is 1.78 bits per heavy atom. The number of hydrogen-bond donors (Lipinski definition) is 1. The van der Waals surface area contributed by atoms with Crippen LogP contribution >= 0.6 is 0 Å². The average molecular weight is 648 g/mol. The molecule has 2 fully saturated rings. The van der Waals surface area contributed by atoms with Crippen LogP contribution in [0, 0.1) is 11.7 Å². The summed E-state index contributed by atoms with van der Waals surface area (Å²) in [6.45, 7) is 4.97. The van der Waals surface area contributed by atoms with E-state index in [-0.39, 0.29) is 34.5 Å². The van der Waals surface area contributed by atoms with Gasteiger partial charge < -0.3 is 15.0 Å². The first kappa shape index (κ1) is 31.9. The highest BCUT2D eigenvalue weighted by Crippen LogP contribution is 2.40. The molecule has 3 aromatic rings. The van der Waals surface area contributed by atoms with Crippen LogP contribution in [0.5, 0.6) is 0 Å². The number of pyridine rings is 1. The maximum atomic E-state index is 15.8. The van der Waals surface area contributed by atoms with Crippen LogP contribution < -0.4 is 10.9 Å². The first-order chi connectivity index (χ1) is 21.5. The topological polar surface area (TPSA) is 106 Å². The van der Waals surface area contributed by atoms with Gasteiger partial charge in [0.25, 0.3) is 11.5 Å². The monoisotopic (exact) mass is 647 g/mol. The smallest absolute Gasteiger partial charge is 0.276 e. The number of halogens is 3. The molecule has 244 valence electrons. The number of aryl methyl sites for hydroxylation is 1. The number of sulfone groups is 1. The zero-order valence-electron chi connectivity index (χ0n) is 25.5. The Balaban J connectivity index is 1.38.